The summed E-state index contributed by atoms with van der Waals surface area (Å²) < 4.78 is 0. The number of hydrogen-bond acceptors (Lipinski definition) is 4. The fourth-order valence-corrected chi connectivity index (χ4v) is 1.23. The predicted molar refractivity (Wildman–Crippen MR) is 67.0 cm³/mol. The van der Waals surface area contributed by atoms with Gasteiger partial charge in [-0.15, -0.1) is 0 Å². The summed E-state index contributed by atoms with van der Waals surface area (Å²) in [5.74, 6) is -1.76. The van der Waals surface area contributed by atoms with Crippen LogP contribution in [0.3, 0.4) is 0 Å². The summed E-state index contributed by atoms with van der Waals surface area (Å²) >= 11 is 0. The van der Waals surface area contributed by atoms with Crippen molar-refractivity contribution in [3.63, 3.8) is 0 Å². The van der Waals surface area contributed by atoms with Gasteiger partial charge in [-0.3, -0.25) is 10.2 Å². The van der Waals surface area contributed by atoms with Gasteiger partial charge in [0.2, 0.25) is 0 Å². The molecule has 0 saturated heterocycles. The number of aromatic hydroxyl groups is 2. The first-order valence-corrected chi connectivity index (χ1v) is 5.04. The molecule has 0 heterocycles. The number of nitrogens with two attached hydrogens (primary N) is 1. The fourth-order valence-electron chi connectivity index (χ4n) is 1.23. The van der Waals surface area contributed by atoms with Crippen molar-refractivity contribution in [3.05, 3.63) is 23.3 Å². The molecule has 7 heteroatoms. The van der Waals surface area contributed by atoms with E-state index in [1.807, 2.05) is 0 Å². The fraction of sp³-hybridized carbons (Fsp3) is 0.182. The Morgan fingerprint density at radius 2 is 2.00 bits per heavy atom. The summed E-state index contributed by atoms with van der Waals surface area (Å²) in [5.41, 5.74) is 5.90. The second-order valence-corrected chi connectivity index (χ2v) is 3.58. The summed E-state index contributed by atoms with van der Waals surface area (Å²) in [6.45, 7) is 1.61. The van der Waals surface area contributed by atoms with Crippen molar-refractivity contribution >= 4 is 17.6 Å². The number of nitrogens with one attached hydrogen (secondary N) is 2. The van der Waals surface area contributed by atoms with E-state index in [-0.39, 0.29) is 28.7 Å². The number of aliphatic imine (C=N–C) groups is 1. The highest BCUT2D eigenvalue weighted by atomic mass is 16.3. The van der Waals surface area contributed by atoms with E-state index in [9.17, 15) is 15.0 Å². The number of hydrogen-bond donors (Lipinski definition) is 5. The highest BCUT2D eigenvalue weighted by Gasteiger charge is 2.12. The second-order valence-electron chi connectivity index (χ2n) is 3.58. The molecule has 0 unspecified atom stereocenters. The van der Waals surface area contributed by atoms with Gasteiger partial charge in [0.15, 0.2) is 11.7 Å². The molecule has 0 aliphatic rings. The van der Waals surface area contributed by atoms with Crippen molar-refractivity contribution in [2.45, 2.75) is 6.92 Å². The number of rotatable bonds is 1. The van der Waals surface area contributed by atoms with Gasteiger partial charge in [-0.2, -0.15) is 0 Å². The molecule has 0 atom stereocenters. The predicted octanol–water partition coefficient (Wildman–Crippen LogP) is -0.165. The highest BCUT2D eigenvalue weighted by Crippen LogP contribution is 2.27. The first kappa shape index (κ1) is 13.5. The maximum absolute atomic E-state index is 11.1. The second kappa shape index (κ2) is 5.17. The van der Waals surface area contributed by atoms with Crippen molar-refractivity contribution in [1.82, 2.24) is 5.32 Å². The van der Waals surface area contributed by atoms with Gasteiger partial charge in [0.05, 0.1) is 5.56 Å². The van der Waals surface area contributed by atoms with E-state index in [0.717, 1.165) is 6.07 Å². The minimum absolute atomic E-state index is 0.0807. The smallest absolute Gasteiger partial charge is 0.286 e. The van der Waals surface area contributed by atoms with E-state index >= 15 is 0 Å². The number of carbonyl (C=O) groups excluding carboxylic acids is 1. The van der Waals surface area contributed by atoms with Crippen LogP contribution in [0.1, 0.15) is 11.1 Å². The number of benzene rings is 1. The molecular weight excluding hydrogens is 236 g/mol. The van der Waals surface area contributed by atoms with Gasteiger partial charge in [0, 0.05) is 13.1 Å². The van der Waals surface area contributed by atoms with Crippen LogP contribution in [0.5, 0.6) is 11.5 Å². The van der Waals surface area contributed by atoms with E-state index in [1.54, 1.807) is 6.92 Å². The van der Waals surface area contributed by atoms with Gasteiger partial charge in [-0.1, -0.05) is 0 Å². The van der Waals surface area contributed by atoms with Crippen molar-refractivity contribution in [2.75, 3.05) is 7.05 Å². The van der Waals surface area contributed by atoms with Crippen LogP contribution in [-0.2, 0) is 4.79 Å². The Morgan fingerprint density at radius 1 is 1.39 bits per heavy atom. The van der Waals surface area contributed by atoms with E-state index in [4.69, 9.17) is 11.1 Å². The molecule has 0 spiro atoms. The molecular formula is C11H14N4O3. The molecule has 1 aromatic carbocycles. The molecule has 0 aliphatic carbocycles. The largest absolute Gasteiger partial charge is 0.508 e. The lowest BCUT2D eigenvalue weighted by Crippen LogP contribution is -2.34. The Balaban J connectivity index is 3.13. The minimum Gasteiger partial charge on any atom is -0.508 e. The molecule has 1 amide bonds. The number of amidine groups is 2. The van der Waals surface area contributed by atoms with Crippen molar-refractivity contribution in [1.29, 1.82) is 5.41 Å². The van der Waals surface area contributed by atoms with Crippen molar-refractivity contribution in [2.24, 2.45) is 10.7 Å². The van der Waals surface area contributed by atoms with Crippen molar-refractivity contribution < 1.29 is 15.0 Å². The van der Waals surface area contributed by atoms with Gasteiger partial charge in [-0.05, 0) is 18.6 Å². The van der Waals surface area contributed by atoms with Gasteiger partial charge < -0.3 is 21.3 Å². The lowest BCUT2D eigenvalue weighted by Gasteiger charge is -2.06. The summed E-state index contributed by atoms with van der Waals surface area (Å²) in [7, 11) is 1.39. The van der Waals surface area contributed by atoms with Crippen LogP contribution >= 0.6 is 0 Å². The molecule has 0 fully saturated rings. The van der Waals surface area contributed by atoms with E-state index < -0.39 is 5.91 Å². The topological polar surface area (TPSA) is 132 Å². The van der Waals surface area contributed by atoms with E-state index in [0.29, 0.717) is 5.56 Å². The zero-order valence-corrected chi connectivity index (χ0v) is 9.98. The lowest BCUT2D eigenvalue weighted by atomic mass is 10.1. The third-order valence-electron chi connectivity index (χ3n) is 2.26. The average Bonchev–Trinajstić information content (AvgIpc) is 2.32. The molecule has 18 heavy (non-hydrogen) atoms. The molecule has 0 bridgehead atoms. The van der Waals surface area contributed by atoms with Crippen LogP contribution in [0.25, 0.3) is 0 Å². The lowest BCUT2D eigenvalue weighted by molar-refractivity contribution is -0.114. The van der Waals surface area contributed by atoms with Gasteiger partial charge in [0.25, 0.3) is 5.91 Å². The van der Waals surface area contributed by atoms with Crippen LogP contribution in [0, 0.1) is 12.3 Å². The monoisotopic (exact) mass is 250 g/mol. The van der Waals surface area contributed by atoms with Gasteiger partial charge in [0.1, 0.15) is 11.5 Å². The first-order chi connectivity index (χ1) is 8.36. The number of carbonyl (C=O) groups is 1. The maximum atomic E-state index is 11.1. The first-order valence-electron chi connectivity index (χ1n) is 5.04. The molecule has 1 aromatic rings. The molecule has 6 N–H and O–H groups in total. The highest BCUT2D eigenvalue weighted by molar-refractivity contribution is 6.39. The van der Waals surface area contributed by atoms with Crippen LogP contribution < -0.4 is 11.1 Å². The average molecular weight is 250 g/mol. The number of phenolic OH excluding ortho intramolecular Hbond substituents is 2. The van der Waals surface area contributed by atoms with E-state index in [1.165, 1.54) is 13.1 Å². The van der Waals surface area contributed by atoms with Crippen LogP contribution in [-0.4, -0.2) is 34.8 Å². The van der Waals surface area contributed by atoms with Crippen LogP contribution in [0.2, 0.25) is 0 Å². The molecule has 0 aliphatic heterocycles. The standard InChI is InChI=1S/C11H14N4O3/c1-5-3-6(8(17)4-7(5)16)9(12)15-10(13)11(18)14-2/h3-4,16-17H,1-2H3,(H,14,18)(H3,12,13,15). The minimum atomic E-state index is -0.616. The van der Waals surface area contributed by atoms with Crippen LogP contribution in [0.15, 0.2) is 17.1 Å². The maximum Gasteiger partial charge on any atom is 0.286 e. The molecule has 0 aromatic heterocycles. The van der Waals surface area contributed by atoms with Crippen molar-refractivity contribution in [3.8, 4) is 11.5 Å². The third-order valence-corrected chi connectivity index (χ3v) is 2.26. The summed E-state index contributed by atoms with van der Waals surface area (Å²) in [4.78, 5) is 14.7. The number of nitrogens with zero attached hydrogens (tertiary/aromatic N) is 1. The van der Waals surface area contributed by atoms with Gasteiger partial charge in [-0.25, -0.2) is 4.99 Å². The van der Waals surface area contributed by atoms with Gasteiger partial charge >= 0.3 is 0 Å². The molecule has 0 radical (unpaired) electrons. The number of aryl methyl sites for hydroxylation is 1. The number of amides is 1. The normalized spacial score (nSPS) is 11.1. The zero-order valence-electron chi connectivity index (χ0n) is 9.98. The Labute approximate surface area is 103 Å². The summed E-state index contributed by atoms with van der Waals surface area (Å²) in [6.07, 6.45) is 0. The Hall–Kier alpha value is -2.57. The SMILES string of the molecule is CNC(=O)C(N)=NC(=N)c1cc(C)c(O)cc1O. The Kier molecular flexibility index (Phi) is 3.88. The number of phenols is 2. The van der Waals surface area contributed by atoms with Crippen LogP contribution in [0.4, 0.5) is 0 Å². The Morgan fingerprint density at radius 3 is 2.56 bits per heavy atom. The Bertz CT molecular complexity index is 537. The molecule has 1 rings (SSSR count). The van der Waals surface area contributed by atoms with E-state index in [2.05, 4.69) is 10.3 Å². The third kappa shape index (κ3) is 2.76. The zero-order chi connectivity index (χ0) is 13.9. The summed E-state index contributed by atoms with van der Waals surface area (Å²) in [6, 6.07) is 2.48. The molecule has 96 valence electrons. The molecule has 7 nitrogen and oxygen atoms in total. The number of likely N-dealkylation sites (N-methyl/N-ethyl adjacent to an activating group) is 1. The summed E-state index contributed by atoms with van der Waals surface area (Å²) in [5, 5.41) is 28.9. The molecule has 0 saturated carbocycles. The quantitative estimate of drug-likeness (QED) is 0.350.